The molecule has 4 rings (SSSR count). The minimum Gasteiger partial charge on any atom is -0.465 e. The number of hydrogen-bond donors (Lipinski definition) is 2. The van der Waals surface area contributed by atoms with E-state index in [0.717, 1.165) is 24.0 Å². The van der Waals surface area contributed by atoms with E-state index in [1.54, 1.807) is 25.3 Å². The molecule has 2 aromatic rings. The third-order valence-electron chi connectivity index (χ3n) is 7.30. The van der Waals surface area contributed by atoms with Gasteiger partial charge < -0.3 is 14.9 Å². The molecule has 1 fully saturated rings. The maximum atomic E-state index is 12.0. The fourth-order valence-corrected chi connectivity index (χ4v) is 5.83. The van der Waals surface area contributed by atoms with Crippen molar-refractivity contribution >= 4 is 5.97 Å². The van der Waals surface area contributed by atoms with Crippen LogP contribution in [-0.2, 0) is 22.2 Å². The second-order valence-electron chi connectivity index (χ2n) is 8.98. The van der Waals surface area contributed by atoms with E-state index in [1.807, 2.05) is 30.3 Å². The number of carbonyl (C=O) groups excluding carboxylic acids is 1. The van der Waals surface area contributed by atoms with Crippen LogP contribution >= 0.6 is 0 Å². The molecule has 5 heteroatoms. The van der Waals surface area contributed by atoms with Gasteiger partial charge in [-0.2, -0.15) is 0 Å². The number of methoxy groups -OCH3 is 1. The number of aliphatic hydroxyl groups is 2. The third kappa shape index (κ3) is 2.99. The highest BCUT2D eigenvalue weighted by atomic mass is 16.5. The first-order chi connectivity index (χ1) is 14.3. The number of rotatable bonds is 4. The fourth-order valence-electron chi connectivity index (χ4n) is 5.83. The van der Waals surface area contributed by atoms with E-state index in [9.17, 15) is 15.0 Å². The average molecular weight is 408 g/mol. The SMILES string of the molecule is C=CCC12CC(C)(O)C(O)(c3ccccn3)C[C@H]1CCc1cc(C(=O)OC)ccc12. The summed E-state index contributed by atoms with van der Waals surface area (Å²) in [5, 5.41) is 23.3. The smallest absolute Gasteiger partial charge is 0.337 e. The van der Waals surface area contributed by atoms with Crippen molar-refractivity contribution in [2.75, 3.05) is 7.11 Å². The Bertz CT molecular complexity index is 970. The number of nitrogens with zero attached hydrogens (tertiary/aromatic N) is 1. The maximum absolute atomic E-state index is 12.0. The van der Waals surface area contributed by atoms with Crippen molar-refractivity contribution in [1.29, 1.82) is 0 Å². The molecule has 0 bridgehead atoms. The summed E-state index contributed by atoms with van der Waals surface area (Å²) in [4.78, 5) is 16.4. The molecule has 1 heterocycles. The van der Waals surface area contributed by atoms with E-state index >= 15 is 0 Å². The number of pyridine rings is 1. The molecule has 30 heavy (non-hydrogen) atoms. The first kappa shape index (κ1) is 20.8. The van der Waals surface area contributed by atoms with Crippen LogP contribution in [0, 0.1) is 5.92 Å². The lowest BCUT2D eigenvalue weighted by Gasteiger charge is -2.58. The summed E-state index contributed by atoms with van der Waals surface area (Å²) < 4.78 is 4.88. The molecule has 2 aliphatic rings. The van der Waals surface area contributed by atoms with Crippen LogP contribution in [0.1, 0.15) is 59.8 Å². The van der Waals surface area contributed by atoms with Crippen molar-refractivity contribution in [3.8, 4) is 0 Å². The van der Waals surface area contributed by atoms with Gasteiger partial charge in [0.2, 0.25) is 0 Å². The molecular formula is C25H29NO4. The molecule has 4 atom stereocenters. The zero-order valence-corrected chi connectivity index (χ0v) is 17.6. The van der Waals surface area contributed by atoms with Gasteiger partial charge in [-0.25, -0.2) is 4.79 Å². The lowest BCUT2D eigenvalue weighted by atomic mass is 9.49. The standard InChI is InChI=1S/C25H29NO4/c1-4-12-24-16-23(2,28)25(29,21-7-5-6-13-26-21)15-19(24)10-8-17-14-18(22(27)30-3)9-11-20(17)24/h4-7,9,11,13-14,19,28-29H,1,8,10,12,15-16H2,2-3H3/t19-,23?,24?,25?/m1/s1. The molecule has 158 valence electrons. The van der Waals surface area contributed by atoms with Crippen LogP contribution in [-0.4, -0.2) is 33.9 Å². The Hall–Kier alpha value is -2.50. The van der Waals surface area contributed by atoms with Gasteiger partial charge in [-0.1, -0.05) is 18.2 Å². The van der Waals surface area contributed by atoms with Crippen molar-refractivity contribution in [2.45, 2.75) is 55.6 Å². The lowest BCUT2D eigenvalue weighted by molar-refractivity contribution is -0.206. The Morgan fingerprint density at radius 2 is 2.13 bits per heavy atom. The molecular weight excluding hydrogens is 378 g/mol. The third-order valence-corrected chi connectivity index (χ3v) is 7.30. The lowest BCUT2D eigenvalue weighted by Crippen LogP contribution is -2.62. The van der Waals surface area contributed by atoms with Crippen LogP contribution in [0.5, 0.6) is 0 Å². The van der Waals surface area contributed by atoms with E-state index < -0.39 is 11.2 Å². The van der Waals surface area contributed by atoms with Crippen LogP contribution < -0.4 is 0 Å². The number of aryl methyl sites for hydroxylation is 1. The fraction of sp³-hybridized carbons (Fsp3) is 0.440. The number of ether oxygens (including phenoxy) is 1. The van der Waals surface area contributed by atoms with E-state index in [2.05, 4.69) is 11.6 Å². The highest BCUT2D eigenvalue weighted by molar-refractivity contribution is 5.89. The molecule has 0 spiro atoms. The van der Waals surface area contributed by atoms with Gasteiger partial charge in [0.05, 0.1) is 24.0 Å². The summed E-state index contributed by atoms with van der Waals surface area (Å²) in [6.45, 7) is 5.69. The van der Waals surface area contributed by atoms with Gasteiger partial charge in [0.1, 0.15) is 5.60 Å². The normalized spacial score (nSPS) is 32.6. The van der Waals surface area contributed by atoms with Crippen molar-refractivity contribution in [2.24, 2.45) is 5.92 Å². The van der Waals surface area contributed by atoms with Gasteiger partial charge >= 0.3 is 5.97 Å². The minimum atomic E-state index is -1.42. The second-order valence-corrected chi connectivity index (χ2v) is 8.98. The average Bonchev–Trinajstić information content (AvgIpc) is 2.74. The number of carbonyl (C=O) groups is 1. The van der Waals surface area contributed by atoms with Crippen LogP contribution in [0.15, 0.2) is 55.3 Å². The first-order valence-electron chi connectivity index (χ1n) is 10.5. The number of esters is 1. The van der Waals surface area contributed by atoms with Gasteiger partial charge in [0.15, 0.2) is 0 Å². The Balaban J connectivity index is 1.82. The van der Waals surface area contributed by atoms with E-state index in [0.29, 0.717) is 30.5 Å². The molecule has 5 nitrogen and oxygen atoms in total. The van der Waals surface area contributed by atoms with Crippen molar-refractivity contribution in [1.82, 2.24) is 4.98 Å². The zero-order valence-electron chi connectivity index (χ0n) is 17.6. The Kier molecular flexibility index (Phi) is 5.07. The summed E-state index contributed by atoms with van der Waals surface area (Å²) in [6.07, 6.45) is 6.71. The summed E-state index contributed by atoms with van der Waals surface area (Å²) in [5.41, 5.74) is 0.132. The largest absolute Gasteiger partial charge is 0.465 e. The Morgan fingerprint density at radius 3 is 2.80 bits per heavy atom. The molecule has 0 saturated heterocycles. The number of hydrogen-bond acceptors (Lipinski definition) is 5. The number of allylic oxidation sites excluding steroid dienone is 1. The zero-order chi connectivity index (χ0) is 21.6. The molecule has 2 N–H and O–H groups in total. The topological polar surface area (TPSA) is 79.7 Å². The van der Waals surface area contributed by atoms with Crippen molar-refractivity contribution < 1.29 is 19.7 Å². The molecule has 1 saturated carbocycles. The first-order valence-corrected chi connectivity index (χ1v) is 10.5. The number of benzene rings is 1. The van der Waals surface area contributed by atoms with Gasteiger partial charge in [-0.15, -0.1) is 6.58 Å². The number of aromatic nitrogens is 1. The van der Waals surface area contributed by atoms with E-state index in [1.165, 1.54) is 7.11 Å². The van der Waals surface area contributed by atoms with Gasteiger partial charge in [0, 0.05) is 11.6 Å². The Morgan fingerprint density at radius 1 is 1.33 bits per heavy atom. The summed E-state index contributed by atoms with van der Waals surface area (Å²) in [7, 11) is 1.38. The maximum Gasteiger partial charge on any atom is 0.337 e. The summed E-state index contributed by atoms with van der Waals surface area (Å²) in [6, 6.07) is 11.1. The quantitative estimate of drug-likeness (QED) is 0.597. The highest BCUT2D eigenvalue weighted by Crippen LogP contribution is 2.59. The monoisotopic (exact) mass is 407 g/mol. The van der Waals surface area contributed by atoms with Gasteiger partial charge in [-0.05, 0) is 80.3 Å². The highest BCUT2D eigenvalue weighted by Gasteiger charge is 2.61. The Labute approximate surface area is 177 Å². The predicted molar refractivity (Wildman–Crippen MR) is 114 cm³/mol. The molecule has 1 aromatic heterocycles. The van der Waals surface area contributed by atoms with Gasteiger partial charge in [0.25, 0.3) is 0 Å². The molecule has 2 aliphatic carbocycles. The summed E-state index contributed by atoms with van der Waals surface area (Å²) in [5.74, 6) is -0.197. The van der Waals surface area contributed by atoms with Crippen molar-refractivity contribution in [3.63, 3.8) is 0 Å². The van der Waals surface area contributed by atoms with Crippen molar-refractivity contribution in [3.05, 3.63) is 77.6 Å². The van der Waals surface area contributed by atoms with E-state index in [4.69, 9.17) is 4.74 Å². The van der Waals surface area contributed by atoms with Crippen LogP contribution in [0.4, 0.5) is 0 Å². The molecule has 0 radical (unpaired) electrons. The molecule has 0 aliphatic heterocycles. The minimum absolute atomic E-state index is 0.152. The summed E-state index contributed by atoms with van der Waals surface area (Å²) >= 11 is 0. The second kappa shape index (κ2) is 7.33. The molecule has 1 aromatic carbocycles. The van der Waals surface area contributed by atoms with Gasteiger partial charge in [-0.3, -0.25) is 4.98 Å². The predicted octanol–water partition coefficient (Wildman–Crippen LogP) is 3.68. The van der Waals surface area contributed by atoms with Crippen LogP contribution in [0.3, 0.4) is 0 Å². The molecule has 3 unspecified atom stereocenters. The van der Waals surface area contributed by atoms with Crippen LogP contribution in [0.25, 0.3) is 0 Å². The van der Waals surface area contributed by atoms with E-state index in [-0.39, 0.29) is 17.3 Å². The van der Waals surface area contributed by atoms with Crippen LogP contribution in [0.2, 0.25) is 0 Å². The molecule has 0 amide bonds. The number of fused-ring (bicyclic) bond motifs is 3.